The number of hydrogen-bond donors (Lipinski definition) is 2. The van der Waals surface area contributed by atoms with E-state index in [1.54, 1.807) is 81.6 Å². The number of nitrogens with zero attached hydrogens (tertiary/aromatic N) is 5. The van der Waals surface area contributed by atoms with E-state index in [-0.39, 0.29) is 5.88 Å². The Balaban J connectivity index is 1.36. The molecular formula is C31H37N7O5. The normalized spacial score (nSPS) is 13.6. The number of ether oxygens (including phenoxy) is 3. The molecule has 0 bridgehead atoms. The highest BCUT2D eigenvalue weighted by molar-refractivity contribution is 6.00. The second-order valence-electron chi connectivity index (χ2n) is 11.4. The van der Waals surface area contributed by atoms with E-state index in [1.165, 1.54) is 17.4 Å². The van der Waals surface area contributed by atoms with Gasteiger partial charge >= 0.3 is 6.09 Å². The van der Waals surface area contributed by atoms with Crippen LogP contribution in [0.25, 0.3) is 5.65 Å². The van der Waals surface area contributed by atoms with Crippen molar-refractivity contribution in [2.24, 2.45) is 0 Å². The van der Waals surface area contributed by atoms with E-state index in [1.807, 2.05) is 6.92 Å². The fraction of sp³-hybridized carbons (Fsp3) is 0.355. The number of imidazole rings is 1. The predicted molar refractivity (Wildman–Crippen MR) is 162 cm³/mol. The van der Waals surface area contributed by atoms with Gasteiger partial charge in [-0.3, -0.25) is 15.1 Å². The predicted octanol–water partition coefficient (Wildman–Crippen LogP) is 4.97. The number of likely N-dealkylation sites (tertiary alicyclic amines) is 1. The molecule has 12 heteroatoms. The molecule has 1 fully saturated rings. The van der Waals surface area contributed by atoms with Gasteiger partial charge in [-0.25, -0.2) is 14.3 Å². The first-order valence-corrected chi connectivity index (χ1v) is 14.2. The number of fused-ring (bicyclic) bond motifs is 1. The lowest BCUT2D eigenvalue weighted by Gasteiger charge is -2.28. The van der Waals surface area contributed by atoms with Gasteiger partial charge in [0.25, 0.3) is 5.91 Å². The minimum absolute atomic E-state index is 0.286. The van der Waals surface area contributed by atoms with Crippen LogP contribution in [0.15, 0.2) is 60.8 Å². The second-order valence-corrected chi connectivity index (χ2v) is 11.4. The summed E-state index contributed by atoms with van der Waals surface area (Å²) in [6, 6.07) is 15.4. The van der Waals surface area contributed by atoms with Crippen LogP contribution in [0.1, 0.15) is 49.5 Å². The number of hydrogen-bond acceptors (Lipinski definition) is 9. The number of anilines is 2. The Hall–Kier alpha value is -4.84. The van der Waals surface area contributed by atoms with E-state index in [9.17, 15) is 9.59 Å². The van der Waals surface area contributed by atoms with E-state index in [0.717, 1.165) is 24.6 Å². The van der Waals surface area contributed by atoms with Crippen molar-refractivity contribution in [2.45, 2.75) is 46.1 Å². The fourth-order valence-corrected chi connectivity index (χ4v) is 4.66. The van der Waals surface area contributed by atoms with Crippen molar-refractivity contribution in [1.82, 2.24) is 24.9 Å². The van der Waals surface area contributed by atoms with Crippen LogP contribution in [0.5, 0.6) is 17.4 Å². The molecule has 4 aromatic rings. The van der Waals surface area contributed by atoms with Crippen LogP contribution in [0.3, 0.4) is 0 Å². The standard InChI is InChI=1S/C31H37N7O5/c1-21-10-11-24(42-28-13-12-27-33-26(32)20-37(27)34-28)19-25(21)38(30(40)43-31(2,3)4)35-29(39)22-8-7-9-23(18-22)41-17-16-36-14-5-6-15-36/h7-13,18-20H,5-6,14-17,32H2,1-4H3,(H,35,39). The zero-order chi connectivity index (χ0) is 30.6. The molecule has 0 radical (unpaired) electrons. The summed E-state index contributed by atoms with van der Waals surface area (Å²) in [6.07, 6.45) is 3.25. The van der Waals surface area contributed by atoms with Crippen molar-refractivity contribution in [1.29, 1.82) is 0 Å². The number of rotatable bonds is 8. The smallest absolute Gasteiger partial charge is 0.434 e. The Morgan fingerprint density at radius 1 is 1.05 bits per heavy atom. The van der Waals surface area contributed by atoms with Crippen molar-refractivity contribution in [3.8, 4) is 17.4 Å². The lowest BCUT2D eigenvalue weighted by molar-refractivity contribution is 0.0548. The maximum atomic E-state index is 13.5. The van der Waals surface area contributed by atoms with Gasteiger partial charge in [0, 0.05) is 24.2 Å². The molecule has 0 saturated carbocycles. The van der Waals surface area contributed by atoms with Gasteiger partial charge in [-0.1, -0.05) is 12.1 Å². The maximum Gasteiger partial charge on any atom is 0.434 e. The summed E-state index contributed by atoms with van der Waals surface area (Å²) < 4.78 is 19.1. The van der Waals surface area contributed by atoms with Crippen LogP contribution < -0.4 is 25.6 Å². The summed E-state index contributed by atoms with van der Waals surface area (Å²) >= 11 is 0. The number of nitrogens with two attached hydrogens (primary N) is 1. The zero-order valence-electron chi connectivity index (χ0n) is 24.9. The summed E-state index contributed by atoms with van der Waals surface area (Å²) in [7, 11) is 0. The molecule has 12 nitrogen and oxygen atoms in total. The van der Waals surface area contributed by atoms with Crippen LogP contribution in [0.4, 0.5) is 16.3 Å². The molecule has 1 aliphatic rings. The third kappa shape index (κ3) is 7.72. The quantitative estimate of drug-likeness (QED) is 0.274. The summed E-state index contributed by atoms with van der Waals surface area (Å²) in [6.45, 7) is 10.6. The Morgan fingerprint density at radius 2 is 1.84 bits per heavy atom. The van der Waals surface area contributed by atoms with Crippen LogP contribution in [0, 0.1) is 6.92 Å². The summed E-state index contributed by atoms with van der Waals surface area (Å²) in [4.78, 5) is 33.4. The Morgan fingerprint density at radius 3 is 2.60 bits per heavy atom. The van der Waals surface area contributed by atoms with Crippen molar-refractivity contribution < 1.29 is 23.8 Å². The average molecular weight is 588 g/mol. The molecule has 2 aromatic heterocycles. The molecule has 0 aliphatic carbocycles. The van der Waals surface area contributed by atoms with Gasteiger partial charge in [0.2, 0.25) is 5.88 Å². The zero-order valence-corrected chi connectivity index (χ0v) is 24.9. The molecule has 0 unspecified atom stereocenters. The van der Waals surface area contributed by atoms with Crippen molar-refractivity contribution in [3.63, 3.8) is 0 Å². The molecule has 43 heavy (non-hydrogen) atoms. The van der Waals surface area contributed by atoms with Gasteiger partial charge in [0.1, 0.15) is 29.5 Å². The molecule has 226 valence electrons. The van der Waals surface area contributed by atoms with Crippen LogP contribution in [-0.4, -0.2) is 63.3 Å². The van der Waals surface area contributed by atoms with Crippen LogP contribution >= 0.6 is 0 Å². The highest BCUT2D eigenvalue weighted by atomic mass is 16.6. The molecule has 3 heterocycles. The molecule has 2 aromatic carbocycles. The molecule has 5 rings (SSSR count). The molecule has 0 spiro atoms. The molecule has 1 saturated heterocycles. The number of aromatic nitrogens is 3. The van der Waals surface area contributed by atoms with E-state index in [4.69, 9.17) is 19.9 Å². The van der Waals surface area contributed by atoms with Crippen molar-refractivity contribution in [3.05, 3.63) is 71.9 Å². The molecule has 3 N–H and O–H groups in total. The minimum atomic E-state index is -0.808. The van der Waals surface area contributed by atoms with Gasteiger partial charge < -0.3 is 19.9 Å². The fourth-order valence-electron chi connectivity index (χ4n) is 4.66. The lowest BCUT2D eigenvalue weighted by atomic mass is 10.1. The highest BCUT2D eigenvalue weighted by Crippen LogP contribution is 2.29. The highest BCUT2D eigenvalue weighted by Gasteiger charge is 2.27. The van der Waals surface area contributed by atoms with E-state index in [2.05, 4.69) is 20.4 Å². The van der Waals surface area contributed by atoms with E-state index >= 15 is 0 Å². The van der Waals surface area contributed by atoms with Crippen LogP contribution in [-0.2, 0) is 4.74 Å². The number of amides is 2. The monoisotopic (exact) mass is 587 g/mol. The number of carbonyl (C=O) groups is 2. The van der Waals surface area contributed by atoms with Crippen LogP contribution in [0.2, 0.25) is 0 Å². The van der Waals surface area contributed by atoms with E-state index < -0.39 is 17.6 Å². The van der Waals surface area contributed by atoms with Gasteiger partial charge in [0.15, 0.2) is 5.65 Å². The number of benzene rings is 2. The number of nitrogens with one attached hydrogen (secondary N) is 1. The Bertz CT molecular complexity index is 1610. The first-order chi connectivity index (χ1) is 20.5. The lowest BCUT2D eigenvalue weighted by Crippen LogP contribution is -2.49. The van der Waals surface area contributed by atoms with Gasteiger partial charge in [-0.2, -0.15) is 5.01 Å². The van der Waals surface area contributed by atoms with Gasteiger partial charge in [-0.15, -0.1) is 5.10 Å². The van der Waals surface area contributed by atoms with E-state index in [0.29, 0.717) is 46.4 Å². The summed E-state index contributed by atoms with van der Waals surface area (Å²) in [5.74, 6) is 1.08. The third-order valence-electron chi connectivity index (χ3n) is 6.72. The largest absolute Gasteiger partial charge is 0.492 e. The topological polar surface area (TPSA) is 137 Å². The molecule has 0 atom stereocenters. The Kier molecular flexibility index (Phi) is 8.67. The van der Waals surface area contributed by atoms with Gasteiger partial charge in [0.05, 0.1) is 11.9 Å². The summed E-state index contributed by atoms with van der Waals surface area (Å²) in [5.41, 5.74) is 9.64. The third-order valence-corrected chi connectivity index (χ3v) is 6.72. The maximum absolute atomic E-state index is 13.5. The number of carbonyl (C=O) groups excluding carboxylic acids is 2. The molecular weight excluding hydrogens is 550 g/mol. The number of nitrogen functional groups attached to an aromatic ring is 1. The average Bonchev–Trinajstić information content (AvgIpc) is 3.60. The SMILES string of the molecule is Cc1ccc(Oc2ccc3nc(N)cn3n2)cc1N(NC(=O)c1cccc(OCCN2CCCC2)c1)C(=O)OC(C)(C)C. The Labute approximate surface area is 250 Å². The molecule has 2 amide bonds. The van der Waals surface area contributed by atoms with Crippen molar-refractivity contribution in [2.75, 3.05) is 37.0 Å². The first kappa shape index (κ1) is 29.6. The second kappa shape index (κ2) is 12.6. The van der Waals surface area contributed by atoms with Crippen molar-refractivity contribution >= 4 is 29.2 Å². The minimum Gasteiger partial charge on any atom is -0.492 e. The van der Waals surface area contributed by atoms with Gasteiger partial charge in [-0.05, 0) is 89.5 Å². The number of hydrazine groups is 1. The number of aryl methyl sites for hydroxylation is 1. The summed E-state index contributed by atoms with van der Waals surface area (Å²) in [5, 5.41) is 5.46. The first-order valence-electron chi connectivity index (χ1n) is 14.2. The molecule has 1 aliphatic heterocycles.